The second-order valence-corrected chi connectivity index (χ2v) is 4.60. The standard InChI is InChI=1S/C16H13NO6/c18-10-4-5-13(12(7-10)16(22)23)17-15(21)6-2-9-1-3-11(19)8-14(9)20/h1-8,18-20H,(H,17,21)(H,22,23). The van der Waals surface area contributed by atoms with Crippen LogP contribution in [-0.4, -0.2) is 32.3 Å². The molecule has 118 valence electrons. The Morgan fingerprint density at radius 1 is 0.957 bits per heavy atom. The Hall–Kier alpha value is -3.48. The molecule has 0 aliphatic rings. The minimum Gasteiger partial charge on any atom is -0.508 e. The number of nitrogens with one attached hydrogen (secondary N) is 1. The molecule has 5 N–H and O–H groups in total. The molecule has 1 amide bonds. The van der Waals surface area contributed by atoms with Gasteiger partial charge in [0.1, 0.15) is 17.2 Å². The average molecular weight is 315 g/mol. The van der Waals surface area contributed by atoms with Crippen molar-refractivity contribution >= 4 is 23.6 Å². The van der Waals surface area contributed by atoms with Crippen LogP contribution in [0, 0.1) is 0 Å². The maximum absolute atomic E-state index is 11.8. The van der Waals surface area contributed by atoms with E-state index in [0.29, 0.717) is 5.56 Å². The molecule has 0 bridgehead atoms. The summed E-state index contributed by atoms with van der Waals surface area (Å²) in [6.45, 7) is 0. The minimum atomic E-state index is -1.30. The van der Waals surface area contributed by atoms with Crippen molar-refractivity contribution in [3.8, 4) is 17.2 Å². The van der Waals surface area contributed by atoms with Crippen LogP contribution in [0.3, 0.4) is 0 Å². The van der Waals surface area contributed by atoms with E-state index >= 15 is 0 Å². The molecule has 0 spiro atoms. The van der Waals surface area contributed by atoms with E-state index < -0.39 is 11.9 Å². The van der Waals surface area contributed by atoms with Gasteiger partial charge in [-0.15, -0.1) is 0 Å². The first kappa shape index (κ1) is 15.9. The number of phenolic OH excluding ortho intramolecular Hbond substituents is 3. The first-order chi connectivity index (χ1) is 10.9. The number of hydrogen-bond acceptors (Lipinski definition) is 5. The van der Waals surface area contributed by atoms with Crippen LogP contribution in [0.4, 0.5) is 5.69 Å². The Morgan fingerprint density at radius 3 is 2.26 bits per heavy atom. The lowest BCUT2D eigenvalue weighted by Gasteiger charge is -2.07. The van der Waals surface area contributed by atoms with E-state index in [2.05, 4.69) is 5.32 Å². The minimum absolute atomic E-state index is 0.0277. The number of hydrogen-bond donors (Lipinski definition) is 5. The molecule has 2 aromatic carbocycles. The van der Waals surface area contributed by atoms with Crippen molar-refractivity contribution in [3.05, 3.63) is 53.6 Å². The van der Waals surface area contributed by atoms with E-state index in [0.717, 1.165) is 18.2 Å². The van der Waals surface area contributed by atoms with Gasteiger partial charge in [-0.3, -0.25) is 4.79 Å². The molecule has 0 aromatic heterocycles. The number of phenols is 3. The molecule has 0 aliphatic carbocycles. The number of aromatic carboxylic acids is 1. The topological polar surface area (TPSA) is 127 Å². The van der Waals surface area contributed by atoms with Crippen LogP contribution in [0.1, 0.15) is 15.9 Å². The van der Waals surface area contributed by atoms with Gasteiger partial charge in [0, 0.05) is 17.7 Å². The van der Waals surface area contributed by atoms with Crippen LogP contribution in [0.5, 0.6) is 17.2 Å². The van der Waals surface area contributed by atoms with E-state index in [1.165, 1.54) is 30.3 Å². The van der Waals surface area contributed by atoms with Crippen LogP contribution in [0.25, 0.3) is 6.08 Å². The largest absolute Gasteiger partial charge is 0.508 e. The fourth-order valence-corrected chi connectivity index (χ4v) is 1.83. The summed E-state index contributed by atoms with van der Waals surface area (Å²) in [7, 11) is 0. The summed E-state index contributed by atoms with van der Waals surface area (Å²) < 4.78 is 0. The Balaban J connectivity index is 2.17. The summed E-state index contributed by atoms with van der Waals surface area (Å²) >= 11 is 0. The van der Waals surface area contributed by atoms with Gasteiger partial charge < -0.3 is 25.7 Å². The molecule has 7 nitrogen and oxygen atoms in total. The predicted octanol–water partition coefficient (Wildman–Crippen LogP) is 2.15. The van der Waals surface area contributed by atoms with Gasteiger partial charge in [-0.2, -0.15) is 0 Å². The highest BCUT2D eigenvalue weighted by atomic mass is 16.4. The number of carbonyl (C=O) groups excluding carboxylic acids is 1. The normalized spacial score (nSPS) is 10.6. The summed E-state index contributed by atoms with van der Waals surface area (Å²) in [5.41, 5.74) is 0.0845. The Bertz CT molecular complexity index is 797. The summed E-state index contributed by atoms with van der Waals surface area (Å²) in [6.07, 6.45) is 2.41. The lowest BCUT2D eigenvalue weighted by Crippen LogP contribution is -2.11. The van der Waals surface area contributed by atoms with Crippen molar-refractivity contribution in [1.29, 1.82) is 0 Å². The second kappa shape index (κ2) is 6.52. The van der Waals surface area contributed by atoms with Gasteiger partial charge in [-0.1, -0.05) is 0 Å². The van der Waals surface area contributed by atoms with Gasteiger partial charge in [-0.25, -0.2) is 4.79 Å². The number of carbonyl (C=O) groups is 2. The van der Waals surface area contributed by atoms with E-state index in [1.807, 2.05) is 0 Å². The van der Waals surface area contributed by atoms with Crippen molar-refractivity contribution in [1.82, 2.24) is 0 Å². The number of carboxylic acid groups (broad SMARTS) is 1. The van der Waals surface area contributed by atoms with Crippen LogP contribution in [0.2, 0.25) is 0 Å². The number of carboxylic acids is 1. The van der Waals surface area contributed by atoms with E-state index in [4.69, 9.17) is 5.11 Å². The summed E-state index contributed by atoms with van der Waals surface area (Å²) in [4.78, 5) is 22.9. The summed E-state index contributed by atoms with van der Waals surface area (Å²) in [6, 6.07) is 7.42. The van der Waals surface area contributed by atoms with E-state index in [1.54, 1.807) is 0 Å². The first-order valence-corrected chi connectivity index (χ1v) is 6.44. The zero-order chi connectivity index (χ0) is 17.0. The first-order valence-electron chi connectivity index (χ1n) is 6.44. The average Bonchev–Trinajstić information content (AvgIpc) is 2.48. The molecular weight excluding hydrogens is 302 g/mol. The molecule has 23 heavy (non-hydrogen) atoms. The van der Waals surface area contributed by atoms with Gasteiger partial charge in [0.15, 0.2) is 0 Å². The van der Waals surface area contributed by atoms with Crippen molar-refractivity contribution in [2.24, 2.45) is 0 Å². The molecule has 0 saturated heterocycles. The maximum Gasteiger partial charge on any atom is 0.337 e. The Kier molecular flexibility index (Phi) is 4.51. The smallest absolute Gasteiger partial charge is 0.337 e. The Morgan fingerprint density at radius 2 is 1.61 bits per heavy atom. The molecule has 0 atom stereocenters. The molecular formula is C16H13NO6. The Labute approximate surface area is 130 Å². The number of amides is 1. The number of aromatic hydroxyl groups is 3. The van der Waals surface area contributed by atoms with Gasteiger partial charge in [-0.05, 0) is 36.4 Å². The lowest BCUT2D eigenvalue weighted by molar-refractivity contribution is -0.111. The molecule has 0 aliphatic heterocycles. The summed E-state index contributed by atoms with van der Waals surface area (Å²) in [5.74, 6) is -2.46. The van der Waals surface area contributed by atoms with Crippen LogP contribution in [0.15, 0.2) is 42.5 Å². The molecule has 0 saturated carbocycles. The van der Waals surface area contributed by atoms with Crippen LogP contribution < -0.4 is 5.32 Å². The maximum atomic E-state index is 11.8. The highest BCUT2D eigenvalue weighted by molar-refractivity contribution is 6.06. The SMILES string of the molecule is O=C(C=Cc1ccc(O)cc1O)Nc1ccc(O)cc1C(=O)O. The highest BCUT2D eigenvalue weighted by Gasteiger charge is 2.12. The van der Waals surface area contributed by atoms with Crippen molar-refractivity contribution < 1.29 is 30.0 Å². The van der Waals surface area contributed by atoms with E-state index in [-0.39, 0.29) is 28.5 Å². The lowest BCUT2D eigenvalue weighted by atomic mass is 10.1. The van der Waals surface area contributed by atoms with Gasteiger partial charge >= 0.3 is 5.97 Å². The highest BCUT2D eigenvalue weighted by Crippen LogP contribution is 2.24. The predicted molar refractivity (Wildman–Crippen MR) is 82.5 cm³/mol. The van der Waals surface area contributed by atoms with Crippen LogP contribution >= 0.6 is 0 Å². The zero-order valence-corrected chi connectivity index (χ0v) is 11.7. The fourth-order valence-electron chi connectivity index (χ4n) is 1.83. The van der Waals surface area contributed by atoms with Crippen LogP contribution in [-0.2, 0) is 4.79 Å². The van der Waals surface area contributed by atoms with Crippen molar-refractivity contribution in [2.75, 3.05) is 5.32 Å². The number of rotatable bonds is 4. The third-order valence-electron chi connectivity index (χ3n) is 2.92. The molecule has 2 rings (SSSR count). The zero-order valence-electron chi connectivity index (χ0n) is 11.7. The third-order valence-corrected chi connectivity index (χ3v) is 2.92. The quantitative estimate of drug-likeness (QED) is 0.434. The fraction of sp³-hybridized carbons (Fsp3) is 0. The van der Waals surface area contributed by atoms with Gasteiger partial charge in [0.2, 0.25) is 5.91 Å². The molecule has 0 fully saturated rings. The number of benzene rings is 2. The molecule has 2 aromatic rings. The van der Waals surface area contributed by atoms with Crippen molar-refractivity contribution in [2.45, 2.75) is 0 Å². The van der Waals surface area contributed by atoms with E-state index in [9.17, 15) is 24.9 Å². The number of anilines is 1. The molecule has 0 radical (unpaired) electrons. The molecule has 7 heteroatoms. The van der Waals surface area contributed by atoms with Gasteiger partial charge in [0.25, 0.3) is 0 Å². The molecule has 0 unspecified atom stereocenters. The van der Waals surface area contributed by atoms with Gasteiger partial charge in [0.05, 0.1) is 11.3 Å². The van der Waals surface area contributed by atoms with Crippen molar-refractivity contribution in [3.63, 3.8) is 0 Å². The third kappa shape index (κ3) is 4.01. The molecule has 0 heterocycles. The monoisotopic (exact) mass is 315 g/mol. The second-order valence-electron chi connectivity index (χ2n) is 4.60. The summed E-state index contributed by atoms with van der Waals surface area (Å²) in [5, 5.41) is 39.5.